The molecule has 1 saturated heterocycles. The van der Waals surface area contributed by atoms with Crippen molar-refractivity contribution in [2.75, 3.05) is 26.2 Å². The number of nitrogens with one attached hydrogen (secondary N) is 1. The van der Waals surface area contributed by atoms with Crippen molar-refractivity contribution in [3.63, 3.8) is 0 Å². The fourth-order valence-electron chi connectivity index (χ4n) is 5.53. The van der Waals surface area contributed by atoms with Gasteiger partial charge in [-0.3, -0.25) is 9.88 Å². The van der Waals surface area contributed by atoms with Gasteiger partial charge in [-0.25, -0.2) is 4.98 Å². The highest BCUT2D eigenvalue weighted by molar-refractivity contribution is 5.75. The average Bonchev–Trinajstić information content (AvgIpc) is 3.19. The van der Waals surface area contributed by atoms with Gasteiger partial charge in [0.1, 0.15) is 5.82 Å². The molecular weight excluding hydrogens is 398 g/mol. The third-order valence-corrected chi connectivity index (χ3v) is 7.13. The highest BCUT2D eigenvalue weighted by Crippen LogP contribution is 2.34. The number of hydrogen-bond acceptors (Lipinski definition) is 5. The number of pyridine rings is 1. The first-order chi connectivity index (χ1) is 15.8. The summed E-state index contributed by atoms with van der Waals surface area (Å²) in [6, 6.07) is 13.1. The van der Waals surface area contributed by atoms with Gasteiger partial charge in [-0.1, -0.05) is 18.2 Å². The molecule has 2 aliphatic rings. The largest absolute Gasteiger partial charge is 0.396 e. The van der Waals surface area contributed by atoms with Crippen LogP contribution in [0.2, 0.25) is 0 Å². The second-order valence-electron chi connectivity index (χ2n) is 9.34. The standard InChI is InChI=1S/C26H35N5O/c32-16-6-15-30(24-12-3-8-21-9-5-14-28-26(21)24)19-25-29-22-10-1-2-11-23(22)31(25)18-20-7-4-13-27-17-20/h1-2,5,9-11,14,20,24,27,32H,3-4,6-8,12-13,15-19H2/t20-,24-/m0/s1. The van der Waals surface area contributed by atoms with Crippen LogP contribution in [0.5, 0.6) is 0 Å². The van der Waals surface area contributed by atoms with Crippen LogP contribution in [0.25, 0.3) is 11.0 Å². The lowest BCUT2D eigenvalue weighted by Gasteiger charge is -2.35. The summed E-state index contributed by atoms with van der Waals surface area (Å²) in [6.45, 7) is 5.08. The number of rotatable bonds is 8. The summed E-state index contributed by atoms with van der Waals surface area (Å²) in [7, 11) is 0. The quantitative estimate of drug-likeness (QED) is 0.567. The number of aliphatic hydroxyl groups excluding tert-OH is 1. The van der Waals surface area contributed by atoms with E-state index < -0.39 is 0 Å². The molecule has 1 fully saturated rings. The lowest BCUT2D eigenvalue weighted by Crippen LogP contribution is -2.35. The van der Waals surface area contributed by atoms with Crippen molar-refractivity contribution in [3.05, 3.63) is 59.7 Å². The predicted octanol–water partition coefficient (Wildman–Crippen LogP) is 3.69. The second-order valence-corrected chi connectivity index (χ2v) is 9.34. The summed E-state index contributed by atoms with van der Waals surface area (Å²) in [4.78, 5) is 12.4. The molecule has 6 nitrogen and oxygen atoms in total. The van der Waals surface area contributed by atoms with Crippen molar-refractivity contribution in [2.45, 2.75) is 57.7 Å². The number of fused-ring (bicyclic) bond motifs is 2. The van der Waals surface area contributed by atoms with E-state index in [9.17, 15) is 5.11 Å². The van der Waals surface area contributed by atoms with Gasteiger partial charge in [-0.05, 0) is 81.3 Å². The molecule has 0 saturated carbocycles. The molecule has 0 amide bonds. The molecule has 0 unspecified atom stereocenters. The molecule has 2 N–H and O–H groups in total. The zero-order valence-electron chi connectivity index (χ0n) is 18.9. The van der Waals surface area contributed by atoms with E-state index in [1.807, 2.05) is 6.20 Å². The van der Waals surface area contributed by atoms with E-state index in [2.05, 4.69) is 51.2 Å². The van der Waals surface area contributed by atoms with Crippen LogP contribution in [0.1, 0.15) is 55.2 Å². The fraction of sp³-hybridized carbons (Fsp3) is 0.538. The predicted molar refractivity (Wildman–Crippen MR) is 127 cm³/mol. The van der Waals surface area contributed by atoms with E-state index in [-0.39, 0.29) is 12.6 Å². The molecule has 1 aliphatic carbocycles. The van der Waals surface area contributed by atoms with Gasteiger partial charge >= 0.3 is 0 Å². The molecule has 2 atom stereocenters. The molecule has 3 heterocycles. The van der Waals surface area contributed by atoms with Gasteiger partial charge in [-0.2, -0.15) is 0 Å². The first-order valence-electron chi connectivity index (χ1n) is 12.3. The van der Waals surface area contributed by atoms with Gasteiger partial charge in [-0.15, -0.1) is 0 Å². The average molecular weight is 434 g/mol. The molecule has 2 aromatic heterocycles. The summed E-state index contributed by atoms with van der Waals surface area (Å²) in [5, 5.41) is 13.2. The molecule has 3 aromatic rings. The van der Waals surface area contributed by atoms with Gasteiger partial charge in [0, 0.05) is 25.9 Å². The van der Waals surface area contributed by atoms with Crippen LogP contribution in [0.4, 0.5) is 0 Å². The molecule has 1 aliphatic heterocycles. The Kier molecular flexibility index (Phi) is 6.81. The Bertz CT molecular complexity index is 1030. The molecule has 5 rings (SSSR count). The van der Waals surface area contributed by atoms with Gasteiger partial charge in [0.25, 0.3) is 0 Å². The van der Waals surface area contributed by atoms with Crippen LogP contribution in [0.15, 0.2) is 42.6 Å². The van der Waals surface area contributed by atoms with Crippen LogP contribution in [-0.2, 0) is 19.5 Å². The number of imidazole rings is 1. The maximum absolute atomic E-state index is 9.59. The van der Waals surface area contributed by atoms with Crippen molar-refractivity contribution in [3.8, 4) is 0 Å². The van der Waals surface area contributed by atoms with E-state index in [1.165, 1.54) is 36.0 Å². The normalized spacial score (nSPS) is 21.2. The minimum Gasteiger partial charge on any atom is -0.396 e. The number of aliphatic hydroxyl groups is 1. The van der Waals surface area contributed by atoms with Gasteiger partial charge in [0.2, 0.25) is 0 Å². The Morgan fingerprint density at radius 3 is 2.94 bits per heavy atom. The maximum atomic E-state index is 9.59. The van der Waals surface area contributed by atoms with Crippen molar-refractivity contribution in [1.82, 2.24) is 24.8 Å². The number of piperidine rings is 1. The second kappa shape index (κ2) is 10.1. The van der Waals surface area contributed by atoms with Crippen LogP contribution >= 0.6 is 0 Å². The van der Waals surface area contributed by atoms with Crippen LogP contribution in [0, 0.1) is 5.92 Å². The van der Waals surface area contributed by atoms with E-state index in [0.717, 1.165) is 63.3 Å². The minimum atomic E-state index is 0.211. The highest BCUT2D eigenvalue weighted by Gasteiger charge is 2.28. The maximum Gasteiger partial charge on any atom is 0.124 e. The number of hydrogen-bond donors (Lipinski definition) is 2. The first kappa shape index (κ1) is 21.6. The minimum absolute atomic E-state index is 0.211. The lowest BCUT2D eigenvalue weighted by molar-refractivity contribution is 0.143. The topological polar surface area (TPSA) is 66.2 Å². The highest BCUT2D eigenvalue weighted by atomic mass is 16.3. The summed E-state index contributed by atoms with van der Waals surface area (Å²) in [5.41, 5.74) is 4.91. The number of benzene rings is 1. The Balaban J connectivity index is 1.47. The lowest BCUT2D eigenvalue weighted by atomic mass is 9.90. The Labute approximate surface area is 190 Å². The molecule has 32 heavy (non-hydrogen) atoms. The number of aryl methyl sites for hydroxylation is 1. The van der Waals surface area contributed by atoms with E-state index in [0.29, 0.717) is 5.92 Å². The van der Waals surface area contributed by atoms with Crippen molar-refractivity contribution in [2.24, 2.45) is 5.92 Å². The third kappa shape index (κ3) is 4.58. The molecule has 0 radical (unpaired) electrons. The molecule has 170 valence electrons. The Morgan fingerprint density at radius 2 is 2.06 bits per heavy atom. The zero-order chi connectivity index (χ0) is 21.8. The molecule has 0 bridgehead atoms. The van der Waals surface area contributed by atoms with E-state index >= 15 is 0 Å². The molecule has 0 spiro atoms. The monoisotopic (exact) mass is 433 g/mol. The summed E-state index contributed by atoms with van der Waals surface area (Å²) in [5.74, 6) is 1.78. The van der Waals surface area contributed by atoms with Crippen LogP contribution in [0.3, 0.4) is 0 Å². The zero-order valence-corrected chi connectivity index (χ0v) is 18.9. The number of nitrogens with zero attached hydrogens (tertiary/aromatic N) is 4. The van der Waals surface area contributed by atoms with Crippen molar-refractivity contribution in [1.29, 1.82) is 0 Å². The molecule has 6 heteroatoms. The summed E-state index contributed by atoms with van der Waals surface area (Å²) < 4.78 is 2.46. The summed E-state index contributed by atoms with van der Waals surface area (Å²) in [6.07, 6.45) is 8.62. The van der Waals surface area contributed by atoms with Gasteiger partial charge in [0.05, 0.1) is 29.3 Å². The van der Waals surface area contributed by atoms with Crippen LogP contribution < -0.4 is 5.32 Å². The first-order valence-corrected chi connectivity index (χ1v) is 12.3. The number of aromatic nitrogens is 3. The summed E-state index contributed by atoms with van der Waals surface area (Å²) >= 11 is 0. The smallest absolute Gasteiger partial charge is 0.124 e. The van der Waals surface area contributed by atoms with Crippen molar-refractivity contribution < 1.29 is 5.11 Å². The van der Waals surface area contributed by atoms with E-state index in [4.69, 9.17) is 9.97 Å². The van der Waals surface area contributed by atoms with Crippen molar-refractivity contribution >= 4 is 11.0 Å². The fourth-order valence-corrected chi connectivity index (χ4v) is 5.53. The van der Waals surface area contributed by atoms with Crippen LogP contribution in [-0.4, -0.2) is 50.8 Å². The SMILES string of the molecule is OCCCN(Cc1nc2ccccc2n1C[C@H]1CCCNC1)[C@H]1CCCc2cccnc21. The Hall–Kier alpha value is -2.28. The van der Waals surface area contributed by atoms with E-state index in [1.54, 1.807) is 0 Å². The Morgan fingerprint density at radius 1 is 1.12 bits per heavy atom. The third-order valence-electron chi connectivity index (χ3n) is 7.13. The van der Waals surface area contributed by atoms with Gasteiger partial charge < -0.3 is 15.0 Å². The number of para-hydroxylation sites is 2. The molecule has 1 aromatic carbocycles. The van der Waals surface area contributed by atoms with Gasteiger partial charge in [0.15, 0.2) is 0 Å². The molecular formula is C26H35N5O.